The molecule has 0 aromatic heterocycles. The monoisotopic (exact) mass is 429 g/mol. The van der Waals surface area contributed by atoms with Gasteiger partial charge >= 0.3 is 6.18 Å². The summed E-state index contributed by atoms with van der Waals surface area (Å²) in [5, 5.41) is 2.81. The number of benzene rings is 2. The van der Waals surface area contributed by atoms with Crippen molar-refractivity contribution >= 4 is 17.4 Å². The zero-order chi connectivity index (χ0) is 22.2. The van der Waals surface area contributed by atoms with E-state index in [-0.39, 0.29) is 24.0 Å². The van der Waals surface area contributed by atoms with Gasteiger partial charge in [-0.2, -0.15) is 13.2 Å². The van der Waals surface area contributed by atoms with Crippen molar-refractivity contribution in [1.29, 1.82) is 0 Å². The van der Waals surface area contributed by atoms with Crippen molar-refractivity contribution in [2.75, 3.05) is 25.5 Å². The summed E-state index contributed by atoms with van der Waals surface area (Å²) in [6.45, 7) is 0.342. The molecule has 0 bridgehead atoms. The Morgan fingerprint density at radius 3 is 2.71 bits per heavy atom. The zero-order valence-electron chi connectivity index (χ0n) is 17.2. The van der Waals surface area contributed by atoms with Crippen LogP contribution in [0.5, 0.6) is 5.75 Å². The molecular weight excluding hydrogens is 407 g/mol. The fourth-order valence-corrected chi connectivity index (χ4v) is 3.98. The third-order valence-corrected chi connectivity index (χ3v) is 5.43. The van der Waals surface area contributed by atoms with Crippen molar-refractivity contribution in [1.82, 2.24) is 5.32 Å². The van der Waals surface area contributed by atoms with E-state index in [0.717, 1.165) is 22.9 Å². The van der Waals surface area contributed by atoms with Crippen LogP contribution in [0.4, 0.5) is 18.9 Å². The lowest BCUT2D eigenvalue weighted by molar-refractivity contribution is -0.138. The molecule has 0 aliphatic carbocycles. The Balaban J connectivity index is 1.61. The number of rotatable bonds is 5. The summed E-state index contributed by atoms with van der Waals surface area (Å²) in [6.07, 6.45) is -2.11. The Labute approximate surface area is 178 Å². The second-order valence-electron chi connectivity index (χ2n) is 7.71. The highest BCUT2D eigenvalue weighted by Crippen LogP contribution is 2.40. The number of carbonyl (C=O) groups is 1. The van der Waals surface area contributed by atoms with Crippen LogP contribution in [0.25, 0.3) is 0 Å². The van der Waals surface area contributed by atoms with Crippen molar-refractivity contribution in [2.45, 2.75) is 25.1 Å². The van der Waals surface area contributed by atoms with Crippen molar-refractivity contribution in [3.8, 4) is 5.75 Å². The van der Waals surface area contributed by atoms with E-state index in [9.17, 15) is 18.0 Å². The molecule has 0 radical (unpaired) electrons. The van der Waals surface area contributed by atoms with Crippen LogP contribution in [-0.4, -0.2) is 32.4 Å². The standard InChI is InChI=1S/C23H22F3N3O2/c1-29(2)20-11-15(31-13-14-5-3-4-6-19(14)23(24,25)26)7-8-16(20)18-12-21(30)28-22-17(18)9-10-27-22/h3-9,11,18H,10,12-13H2,1-2H3,(H,27,28,30). The van der Waals surface area contributed by atoms with E-state index in [0.29, 0.717) is 24.6 Å². The quantitative estimate of drug-likeness (QED) is 0.772. The maximum absolute atomic E-state index is 13.2. The van der Waals surface area contributed by atoms with Crippen LogP contribution in [0, 0.1) is 0 Å². The number of carbonyl (C=O) groups excluding carboxylic acids is 1. The van der Waals surface area contributed by atoms with Crippen LogP contribution in [0.2, 0.25) is 0 Å². The van der Waals surface area contributed by atoms with E-state index in [2.05, 4.69) is 10.3 Å². The van der Waals surface area contributed by atoms with Crippen LogP contribution in [0.15, 0.2) is 59.1 Å². The number of halogens is 3. The van der Waals surface area contributed by atoms with Crippen molar-refractivity contribution in [2.24, 2.45) is 4.99 Å². The molecule has 2 aliphatic rings. The molecule has 1 amide bonds. The van der Waals surface area contributed by atoms with Gasteiger partial charge in [-0.05, 0) is 17.7 Å². The summed E-state index contributed by atoms with van der Waals surface area (Å²) in [7, 11) is 3.75. The van der Waals surface area contributed by atoms with Crippen molar-refractivity contribution in [3.63, 3.8) is 0 Å². The number of anilines is 1. The lowest BCUT2D eigenvalue weighted by Crippen LogP contribution is -2.39. The largest absolute Gasteiger partial charge is 0.489 e. The number of nitrogens with one attached hydrogen (secondary N) is 1. The predicted molar refractivity (Wildman–Crippen MR) is 112 cm³/mol. The molecular formula is C23H22F3N3O2. The number of amides is 1. The molecule has 31 heavy (non-hydrogen) atoms. The lowest BCUT2D eigenvalue weighted by atomic mass is 9.84. The summed E-state index contributed by atoms with van der Waals surface area (Å²) in [5.41, 5.74) is 2.16. The normalized spacial score (nSPS) is 18.1. The Hall–Kier alpha value is -3.29. The summed E-state index contributed by atoms with van der Waals surface area (Å²) in [4.78, 5) is 18.4. The van der Waals surface area contributed by atoms with Gasteiger partial charge in [0.2, 0.25) is 5.91 Å². The van der Waals surface area contributed by atoms with Gasteiger partial charge in [0, 0.05) is 49.3 Å². The molecule has 8 heteroatoms. The third kappa shape index (κ3) is 4.28. The van der Waals surface area contributed by atoms with Crippen LogP contribution in [0.1, 0.15) is 29.0 Å². The molecule has 1 saturated heterocycles. The van der Waals surface area contributed by atoms with E-state index in [1.165, 1.54) is 12.1 Å². The maximum atomic E-state index is 13.2. The van der Waals surface area contributed by atoms with E-state index >= 15 is 0 Å². The van der Waals surface area contributed by atoms with Gasteiger partial charge in [-0.15, -0.1) is 0 Å². The number of hydrogen-bond donors (Lipinski definition) is 1. The van der Waals surface area contributed by atoms with Crippen LogP contribution >= 0.6 is 0 Å². The number of hydrogen-bond acceptors (Lipinski definition) is 4. The van der Waals surface area contributed by atoms with Crippen molar-refractivity contribution in [3.05, 3.63) is 70.8 Å². The molecule has 0 saturated carbocycles. The second kappa shape index (κ2) is 8.09. The van der Waals surface area contributed by atoms with Crippen LogP contribution < -0.4 is 15.0 Å². The number of alkyl halides is 3. The molecule has 5 nitrogen and oxygen atoms in total. The van der Waals surface area contributed by atoms with Gasteiger partial charge in [-0.3, -0.25) is 9.79 Å². The molecule has 1 atom stereocenters. The molecule has 162 valence electrons. The number of nitrogens with zero attached hydrogens (tertiary/aromatic N) is 2. The summed E-state index contributed by atoms with van der Waals surface area (Å²) in [6, 6.07) is 10.8. The summed E-state index contributed by atoms with van der Waals surface area (Å²) >= 11 is 0. The average molecular weight is 429 g/mol. The van der Waals surface area contributed by atoms with Crippen LogP contribution in [-0.2, 0) is 17.6 Å². The number of amidine groups is 1. The number of piperidine rings is 1. The fourth-order valence-electron chi connectivity index (χ4n) is 3.98. The highest BCUT2D eigenvalue weighted by atomic mass is 19.4. The van der Waals surface area contributed by atoms with Gasteiger partial charge in [-0.25, -0.2) is 0 Å². The minimum Gasteiger partial charge on any atom is -0.489 e. The van der Waals surface area contributed by atoms with E-state index in [4.69, 9.17) is 4.74 Å². The Bertz CT molecular complexity index is 1070. The van der Waals surface area contributed by atoms with E-state index in [1.807, 2.05) is 31.1 Å². The van der Waals surface area contributed by atoms with Gasteiger partial charge in [0.25, 0.3) is 0 Å². The van der Waals surface area contributed by atoms with Gasteiger partial charge < -0.3 is 15.0 Å². The topological polar surface area (TPSA) is 53.9 Å². The predicted octanol–water partition coefficient (Wildman–Crippen LogP) is 4.29. The molecule has 2 aromatic rings. The second-order valence-corrected chi connectivity index (χ2v) is 7.71. The average Bonchev–Trinajstić information content (AvgIpc) is 3.19. The lowest BCUT2D eigenvalue weighted by Gasteiger charge is -2.29. The van der Waals surface area contributed by atoms with E-state index < -0.39 is 11.7 Å². The third-order valence-electron chi connectivity index (χ3n) is 5.43. The fraction of sp³-hybridized carbons (Fsp3) is 0.304. The molecule has 2 heterocycles. The Morgan fingerprint density at radius 1 is 1.19 bits per heavy atom. The number of aliphatic imine (C=N–C) groups is 1. The zero-order valence-corrected chi connectivity index (χ0v) is 17.2. The molecule has 1 unspecified atom stereocenters. The minimum atomic E-state index is -4.44. The van der Waals surface area contributed by atoms with Gasteiger partial charge in [0.15, 0.2) is 0 Å². The highest BCUT2D eigenvalue weighted by molar-refractivity contribution is 6.13. The first kappa shape index (κ1) is 21.0. The summed E-state index contributed by atoms with van der Waals surface area (Å²) in [5.74, 6) is 0.859. The first-order valence-corrected chi connectivity index (χ1v) is 9.88. The molecule has 1 fully saturated rings. The molecule has 4 rings (SSSR count). The molecule has 2 aliphatic heterocycles. The number of ether oxygens (including phenoxy) is 1. The molecule has 2 aromatic carbocycles. The molecule has 1 N–H and O–H groups in total. The van der Waals surface area contributed by atoms with E-state index in [1.54, 1.807) is 18.2 Å². The van der Waals surface area contributed by atoms with Crippen molar-refractivity contribution < 1.29 is 22.7 Å². The van der Waals surface area contributed by atoms with Gasteiger partial charge in [-0.1, -0.05) is 30.3 Å². The maximum Gasteiger partial charge on any atom is 0.416 e. The SMILES string of the molecule is CN(C)c1cc(OCc2ccccc2C(F)(F)F)ccc1C1CC(=O)NC2=NCC=C21. The minimum absolute atomic E-state index is 0.0754. The summed E-state index contributed by atoms with van der Waals surface area (Å²) < 4.78 is 45.4. The highest BCUT2D eigenvalue weighted by Gasteiger charge is 2.34. The Kier molecular flexibility index (Phi) is 5.47. The van der Waals surface area contributed by atoms with Gasteiger partial charge in [0.1, 0.15) is 18.2 Å². The first-order valence-electron chi connectivity index (χ1n) is 9.88. The Morgan fingerprint density at radius 2 is 1.97 bits per heavy atom. The van der Waals surface area contributed by atoms with Crippen LogP contribution in [0.3, 0.4) is 0 Å². The molecule has 0 spiro atoms. The first-order chi connectivity index (χ1) is 14.7. The van der Waals surface area contributed by atoms with Gasteiger partial charge in [0.05, 0.1) is 12.1 Å². The number of fused-ring (bicyclic) bond motifs is 1. The smallest absolute Gasteiger partial charge is 0.416 e.